The van der Waals surface area contributed by atoms with Gasteiger partial charge in [-0.1, -0.05) is 0 Å². The summed E-state index contributed by atoms with van der Waals surface area (Å²) in [6.07, 6.45) is 4.80. The topological polar surface area (TPSA) is 33.1 Å². The zero-order valence-electron chi connectivity index (χ0n) is 7.96. The molecule has 0 amide bonds. The molecule has 0 aromatic carbocycles. The second-order valence-corrected chi connectivity index (χ2v) is 4.74. The van der Waals surface area contributed by atoms with E-state index in [9.17, 15) is 9.50 Å². The molecule has 14 heavy (non-hydrogen) atoms. The van der Waals surface area contributed by atoms with Crippen LogP contribution in [0, 0.1) is 0 Å². The fourth-order valence-corrected chi connectivity index (χ4v) is 2.47. The fraction of sp³-hybridized carbons (Fsp3) is 0.500. The maximum atomic E-state index is 12.2. The van der Waals surface area contributed by atoms with Crippen LogP contribution in [0.5, 0.6) is 0 Å². The molecule has 4 heteroatoms. The van der Waals surface area contributed by atoms with E-state index in [1.807, 2.05) is 0 Å². The molecule has 76 valence electrons. The highest BCUT2D eigenvalue weighted by atomic mass is 32.1. The number of thiazole rings is 1. The van der Waals surface area contributed by atoms with Crippen LogP contribution in [0.2, 0.25) is 0 Å². The smallest absolute Gasteiger partial charge is 0.125 e. The summed E-state index contributed by atoms with van der Waals surface area (Å²) in [5, 5.41) is 10.7. The highest BCUT2D eigenvalue weighted by molar-refractivity contribution is 7.12. The molecule has 1 aromatic heterocycles. The Hall–Kier alpha value is -0.740. The van der Waals surface area contributed by atoms with Gasteiger partial charge in [0.15, 0.2) is 0 Å². The molecule has 2 nitrogen and oxygen atoms in total. The quantitative estimate of drug-likeness (QED) is 0.819. The summed E-state index contributed by atoms with van der Waals surface area (Å²) >= 11 is 1.38. The maximum Gasteiger partial charge on any atom is 0.125 e. The van der Waals surface area contributed by atoms with Crippen LogP contribution >= 0.6 is 11.3 Å². The molecule has 1 aromatic rings. The second kappa shape index (κ2) is 3.44. The molecule has 1 N–H and O–H groups in total. The number of allylic oxidation sites excluding steroid dienone is 1. The van der Waals surface area contributed by atoms with Gasteiger partial charge < -0.3 is 5.11 Å². The molecule has 0 aliphatic heterocycles. The van der Waals surface area contributed by atoms with E-state index < -0.39 is 5.60 Å². The van der Waals surface area contributed by atoms with Crippen molar-refractivity contribution in [3.05, 3.63) is 22.4 Å². The number of aliphatic hydroxyl groups is 1. The first-order valence-corrected chi connectivity index (χ1v) is 5.43. The number of hydrogen-bond acceptors (Lipinski definition) is 3. The predicted molar refractivity (Wildman–Crippen MR) is 54.6 cm³/mol. The Bertz CT molecular complexity index is 368. The third-order valence-electron chi connectivity index (χ3n) is 2.64. The first kappa shape index (κ1) is 9.80. The van der Waals surface area contributed by atoms with Crippen molar-refractivity contribution in [2.75, 3.05) is 0 Å². The van der Waals surface area contributed by atoms with Crippen molar-refractivity contribution in [2.45, 2.75) is 31.8 Å². The average Bonchev–Trinajstić information content (AvgIpc) is 2.62. The number of rotatable bonds is 2. The summed E-state index contributed by atoms with van der Waals surface area (Å²) in [6.45, 7) is 1.70. The Morgan fingerprint density at radius 1 is 1.71 bits per heavy atom. The molecule has 0 atom stereocenters. The summed E-state index contributed by atoms with van der Waals surface area (Å²) in [5.41, 5.74) is -0.156. The van der Waals surface area contributed by atoms with Crippen LogP contribution in [-0.4, -0.2) is 10.1 Å². The molecular weight excluding hydrogens is 201 g/mol. The number of halogens is 1. The van der Waals surface area contributed by atoms with Crippen LogP contribution in [0.4, 0.5) is 4.39 Å². The van der Waals surface area contributed by atoms with Gasteiger partial charge in [-0.25, -0.2) is 9.37 Å². The maximum absolute atomic E-state index is 12.2. The van der Waals surface area contributed by atoms with Crippen LogP contribution in [0.3, 0.4) is 0 Å². The van der Waals surface area contributed by atoms with Gasteiger partial charge in [-0.05, 0) is 31.8 Å². The Balaban J connectivity index is 2.26. The van der Waals surface area contributed by atoms with E-state index in [0.29, 0.717) is 11.9 Å². The Morgan fingerprint density at radius 3 is 2.93 bits per heavy atom. The Labute approximate surface area is 86.1 Å². The minimum absolute atomic E-state index is 0.566. The van der Waals surface area contributed by atoms with E-state index in [-0.39, 0.29) is 0 Å². The molecule has 2 rings (SSSR count). The standard InChI is InChI=1S/C10H12FNOS/c1-7(5-11)8-6-12-9(14-8)10(13)3-2-4-10/h5-6,13H,2-4H2,1H3/b7-5-. The lowest BCUT2D eigenvalue weighted by atomic mass is 9.81. The SMILES string of the molecule is C/C(=C/F)c1cnc(C2(O)CCC2)s1. The molecule has 0 radical (unpaired) electrons. The number of aromatic nitrogens is 1. The first-order valence-electron chi connectivity index (χ1n) is 4.62. The fourth-order valence-electron chi connectivity index (χ4n) is 1.45. The van der Waals surface area contributed by atoms with Gasteiger partial charge in [0.25, 0.3) is 0 Å². The zero-order chi connectivity index (χ0) is 10.2. The van der Waals surface area contributed by atoms with E-state index in [1.165, 1.54) is 11.3 Å². The van der Waals surface area contributed by atoms with Gasteiger partial charge in [0.2, 0.25) is 0 Å². The lowest BCUT2D eigenvalue weighted by Crippen LogP contribution is -2.33. The number of hydrogen-bond donors (Lipinski definition) is 1. The van der Waals surface area contributed by atoms with Crippen molar-refractivity contribution >= 4 is 16.9 Å². The van der Waals surface area contributed by atoms with Crippen LogP contribution < -0.4 is 0 Å². The lowest BCUT2D eigenvalue weighted by Gasteiger charge is -2.34. The largest absolute Gasteiger partial charge is 0.383 e. The van der Waals surface area contributed by atoms with Crippen molar-refractivity contribution in [1.29, 1.82) is 0 Å². The summed E-state index contributed by atoms with van der Waals surface area (Å²) in [7, 11) is 0. The first-order chi connectivity index (χ1) is 6.65. The minimum Gasteiger partial charge on any atom is -0.383 e. The van der Waals surface area contributed by atoms with Gasteiger partial charge in [0.1, 0.15) is 10.6 Å². The van der Waals surface area contributed by atoms with Gasteiger partial charge in [0, 0.05) is 6.20 Å². The van der Waals surface area contributed by atoms with Gasteiger partial charge >= 0.3 is 0 Å². The van der Waals surface area contributed by atoms with E-state index >= 15 is 0 Å². The highest BCUT2D eigenvalue weighted by Gasteiger charge is 2.38. The van der Waals surface area contributed by atoms with E-state index in [2.05, 4.69) is 4.98 Å². The van der Waals surface area contributed by atoms with Crippen LogP contribution in [-0.2, 0) is 5.60 Å². The normalized spacial score (nSPS) is 20.6. The molecule has 1 saturated carbocycles. The third-order valence-corrected chi connectivity index (χ3v) is 3.96. The summed E-state index contributed by atoms with van der Waals surface area (Å²) in [6, 6.07) is 0. The van der Waals surface area contributed by atoms with Gasteiger partial charge in [0.05, 0.1) is 11.2 Å². The Kier molecular flexibility index (Phi) is 2.41. The summed E-state index contributed by atoms with van der Waals surface area (Å²) < 4.78 is 12.2. The molecule has 0 saturated heterocycles. The van der Waals surface area contributed by atoms with Crippen LogP contribution in [0.1, 0.15) is 36.1 Å². The minimum atomic E-state index is -0.723. The molecule has 1 fully saturated rings. The summed E-state index contributed by atoms with van der Waals surface area (Å²) in [5.74, 6) is 0. The van der Waals surface area contributed by atoms with Gasteiger partial charge in [-0.3, -0.25) is 0 Å². The van der Waals surface area contributed by atoms with Gasteiger partial charge in [-0.15, -0.1) is 11.3 Å². The zero-order valence-corrected chi connectivity index (χ0v) is 8.77. The van der Waals surface area contributed by atoms with E-state index in [1.54, 1.807) is 13.1 Å². The monoisotopic (exact) mass is 213 g/mol. The van der Waals surface area contributed by atoms with Crippen molar-refractivity contribution < 1.29 is 9.50 Å². The van der Waals surface area contributed by atoms with Crippen LogP contribution in [0.15, 0.2) is 12.5 Å². The molecule has 0 bridgehead atoms. The molecule has 1 heterocycles. The van der Waals surface area contributed by atoms with Crippen molar-refractivity contribution in [2.24, 2.45) is 0 Å². The second-order valence-electron chi connectivity index (χ2n) is 3.71. The highest BCUT2D eigenvalue weighted by Crippen LogP contribution is 2.43. The van der Waals surface area contributed by atoms with Crippen LogP contribution in [0.25, 0.3) is 5.57 Å². The average molecular weight is 213 g/mol. The summed E-state index contributed by atoms with van der Waals surface area (Å²) in [4.78, 5) is 4.93. The van der Waals surface area contributed by atoms with Crippen molar-refractivity contribution in [3.8, 4) is 0 Å². The molecule has 0 spiro atoms. The van der Waals surface area contributed by atoms with Crippen molar-refractivity contribution in [1.82, 2.24) is 4.98 Å². The van der Waals surface area contributed by atoms with Gasteiger partial charge in [-0.2, -0.15) is 0 Å². The third kappa shape index (κ3) is 1.48. The molecular formula is C10H12FNOS. The number of nitrogens with zero attached hydrogens (tertiary/aromatic N) is 1. The molecule has 0 unspecified atom stereocenters. The van der Waals surface area contributed by atoms with Crippen molar-refractivity contribution in [3.63, 3.8) is 0 Å². The lowest BCUT2D eigenvalue weighted by molar-refractivity contribution is -0.0389. The molecule has 1 aliphatic carbocycles. The van der Waals surface area contributed by atoms with E-state index in [0.717, 1.165) is 29.1 Å². The Morgan fingerprint density at radius 2 is 2.43 bits per heavy atom. The predicted octanol–water partition coefficient (Wildman–Crippen LogP) is 2.84. The van der Waals surface area contributed by atoms with E-state index in [4.69, 9.17) is 0 Å². The molecule has 1 aliphatic rings.